The van der Waals surface area contributed by atoms with Crippen LogP contribution in [0.2, 0.25) is 0 Å². The van der Waals surface area contributed by atoms with Crippen LogP contribution >= 0.6 is 0 Å². The molecule has 0 aliphatic heterocycles. The molecule has 0 spiro atoms. The monoisotopic (exact) mass is 243 g/mol. The summed E-state index contributed by atoms with van der Waals surface area (Å²) in [7, 11) is 0. The normalized spacial score (nSPS) is 27.0. The lowest BCUT2D eigenvalue weighted by atomic mass is 9.70. The number of nitrogens with one attached hydrogen (secondary N) is 1. The molecule has 2 aliphatic rings. The van der Waals surface area contributed by atoms with Gasteiger partial charge >= 0.3 is 0 Å². The van der Waals surface area contributed by atoms with E-state index in [9.17, 15) is 0 Å². The van der Waals surface area contributed by atoms with Crippen LogP contribution in [0.5, 0.6) is 0 Å². The fourth-order valence-electron chi connectivity index (χ4n) is 3.01. The quantitative estimate of drug-likeness (QED) is 0.833. The van der Waals surface area contributed by atoms with Crippen molar-refractivity contribution in [2.45, 2.75) is 52.0 Å². The van der Waals surface area contributed by atoms with Crippen LogP contribution in [0.4, 0.5) is 0 Å². The summed E-state index contributed by atoms with van der Waals surface area (Å²) in [4.78, 5) is 0. The third kappa shape index (κ3) is 2.77. The molecule has 0 bridgehead atoms. The van der Waals surface area contributed by atoms with Crippen molar-refractivity contribution in [1.82, 2.24) is 5.32 Å². The molecule has 98 valence electrons. The molecular formula is C17H25N. The largest absolute Gasteiger partial charge is 0.314 e. The first kappa shape index (κ1) is 12.2. The summed E-state index contributed by atoms with van der Waals surface area (Å²) in [6.07, 6.45) is 6.99. The Labute approximate surface area is 111 Å². The van der Waals surface area contributed by atoms with Crippen molar-refractivity contribution in [3.63, 3.8) is 0 Å². The Morgan fingerprint density at radius 2 is 1.78 bits per heavy atom. The van der Waals surface area contributed by atoms with Crippen LogP contribution in [0.1, 0.15) is 42.4 Å². The van der Waals surface area contributed by atoms with Gasteiger partial charge in [0.25, 0.3) is 0 Å². The molecule has 2 aliphatic carbocycles. The first-order valence-electron chi connectivity index (χ1n) is 7.52. The summed E-state index contributed by atoms with van der Waals surface area (Å²) < 4.78 is 0. The summed E-state index contributed by atoms with van der Waals surface area (Å²) in [6, 6.07) is 7.86. The van der Waals surface area contributed by atoms with Crippen LogP contribution < -0.4 is 5.32 Å². The van der Waals surface area contributed by atoms with Crippen molar-refractivity contribution < 1.29 is 0 Å². The van der Waals surface area contributed by atoms with Gasteiger partial charge in [0.2, 0.25) is 0 Å². The van der Waals surface area contributed by atoms with Crippen LogP contribution in [0.15, 0.2) is 18.2 Å². The molecule has 0 amide bonds. The van der Waals surface area contributed by atoms with Crippen LogP contribution in [-0.2, 0) is 6.42 Å². The Hall–Kier alpha value is -0.820. The molecule has 1 aromatic rings. The fourth-order valence-corrected chi connectivity index (χ4v) is 3.01. The van der Waals surface area contributed by atoms with Gasteiger partial charge in [0.1, 0.15) is 0 Å². The molecule has 1 N–H and O–H groups in total. The van der Waals surface area contributed by atoms with Crippen LogP contribution in [-0.4, -0.2) is 12.6 Å². The van der Waals surface area contributed by atoms with Gasteiger partial charge in [-0.1, -0.05) is 18.2 Å². The van der Waals surface area contributed by atoms with Gasteiger partial charge in [0.05, 0.1) is 0 Å². The first-order valence-corrected chi connectivity index (χ1v) is 7.52. The predicted molar refractivity (Wildman–Crippen MR) is 76.9 cm³/mol. The highest BCUT2D eigenvalue weighted by molar-refractivity contribution is 5.30. The molecule has 2 saturated carbocycles. The molecule has 1 nitrogen and oxygen atoms in total. The molecule has 0 heterocycles. The minimum absolute atomic E-state index is 0.868. The fraction of sp³-hybridized carbons (Fsp3) is 0.647. The second-order valence-electron chi connectivity index (χ2n) is 6.40. The minimum Gasteiger partial charge on any atom is -0.314 e. The van der Waals surface area contributed by atoms with Crippen molar-refractivity contribution >= 4 is 0 Å². The van der Waals surface area contributed by atoms with E-state index in [1.54, 1.807) is 5.56 Å². The van der Waals surface area contributed by atoms with Crippen molar-refractivity contribution in [3.05, 3.63) is 34.9 Å². The minimum atomic E-state index is 0.868. The van der Waals surface area contributed by atoms with E-state index in [1.807, 2.05) is 0 Å². The van der Waals surface area contributed by atoms with Crippen molar-refractivity contribution in [3.8, 4) is 0 Å². The van der Waals surface area contributed by atoms with E-state index in [0.29, 0.717) is 0 Å². The van der Waals surface area contributed by atoms with E-state index in [4.69, 9.17) is 0 Å². The summed E-state index contributed by atoms with van der Waals surface area (Å²) in [5.74, 6) is 1.87. The number of aryl methyl sites for hydroxylation is 2. The third-order valence-electron chi connectivity index (χ3n) is 4.89. The zero-order chi connectivity index (χ0) is 12.5. The lowest BCUT2D eigenvalue weighted by molar-refractivity contribution is 0.170. The molecule has 0 saturated heterocycles. The molecule has 2 fully saturated rings. The Morgan fingerprint density at radius 3 is 2.39 bits per heavy atom. The molecule has 1 heteroatoms. The number of hydrogen-bond donors (Lipinski definition) is 1. The van der Waals surface area contributed by atoms with Gasteiger partial charge in [-0.05, 0) is 81.0 Å². The third-order valence-corrected chi connectivity index (χ3v) is 4.89. The topological polar surface area (TPSA) is 12.0 Å². The van der Waals surface area contributed by atoms with Gasteiger partial charge in [-0.2, -0.15) is 0 Å². The van der Waals surface area contributed by atoms with Crippen LogP contribution in [0, 0.1) is 25.7 Å². The number of rotatable bonds is 5. The number of benzene rings is 1. The molecule has 0 radical (unpaired) electrons. The number of hydrogen-bond acceptors (Lipinski definition) is 1. The summed E-state index contributed by atoms with van der Waals surface area (Å²) in [5.41, 5.74) is 4.40. The van der Waals surface area contributed by atoms with Crippen molar-refractivity contribution in [2.24, 2.45) is 11.8 Å². The summed E-state index contributed by atoms with van der Waals surface area (Å²) in [5, 5.41) is 3.69. The van der Waals surface area contributed by atoms with E-state index in [1.165, 1.54) is 49.8 Å². The van der Waals surface area contributed by atoms with E-state index in [2.05, 4.69) is 37.4 Å². The second-order valence-corrected chi connectivity index (χ2v) is 6.40. The molecule has 3 rings (SSSR count). The Bertz CT molecular complexity index is 420. The lowest BCUT2D eigenvalue weighted by Crippen LogP contribution is -2.37. The second kappa shape index (κ2) is 5.05. The van der Waals surface area contributed by atoms with E-state index >= 15 is 0 Å². The van der Waals surface area contributed by atoms with E-state index in [-0.39, 0.29) is 0 Å². The first-order chi connectivity index (χ1) is 8.72. The molecular weight excluding hydrogens is 218 g/mol. The van der Waals surface area contributed by atoms with Gasteiger partial charge in [-0.3, -0.25) is 0 Å². The maximum absolute atomic E-state index is 3.69. The predicted octanol–water partition coefficient (Wildman–Crippen LogP) is 3.62. The standard InChI is InChI=1S/C17H25N/c1-12-3-4-14(9-13(12)2)10-15-5-6-16(15)11-18-17-7-8-17/h3-4,9,15-18H,5-8,10-11H2,1-2H3. The van der Waals surface area contributed by atoms with Crippen LogP contribution in [0.3, 0.4) is 0 Å². The van der Waals surface area contributed by atoms with Gasteiger partial charge in [-0.15, -0.1) is 0 Å². The zero-order valence-electron chi connectivity index (χ0n) is 11.7. The maximum Gasteiger partial charge on any atom is 0.00683 e. The average Bonchev–Trinajstić information content (AvgIpc) is 3.13. The van der Waals surface area contributed by atoms with E-state index < -0.39 is 0 Å². The highest BCUT2D eigenvalue weighted by Gasteiger charge is 2.32. The molecule has 2 unspecified atom stereocenters. The molecule has 1 aromatic carbocycles. The lowest BCUT2D eigenvalue weighted by Gasteiger charge is -2.37. The summed E-state index contributed by atoms with van der Waals surface area (Å²) in [6.45, 7) is 5.69. The summed E-state index contributed by atoms with van der Waals surface area (Å²) >= 11 is 0. The van der Waals surface area contributed by atoms with Gasteiger partial charge in [-0.25, -0.2) is 0 Å². The Kier molecular flexibility index (Phi) is 3.43. The van der Waals surface area contributed by atoms with Gasteiger partial charge < -0.3 is 5.32 Å². The van der Waals surface area contributed by atoms with Crippen molar-refractivity contribution in [2.75, 3.05) is 6.54 Å². The zero-order valence-corrected chi connectivity index (χ0v) is 11.7. The smallest absolute Gasteiger partial charge is 0.00683 e. The van der Waals surface area contributed by atoms with Gasteiger partial charge in [0.15, 0.2) is 0 Å². The van der Waals surface area contributed by atoms with Crippen LogP contribution in [0.25, 0.3) is 0 Å². The maximum atomic E-state index is 3.69. The Balaban J connectivity index is 1.53. The molecule has 2 atom stereocenters. The van der Waals surface area contributed by atoms with Crippen molar-refractivity contribution in [1.29, 1.82) is 0 Å². The van der Waals surface area contributed by atoms with E-state index in [0.717, 1.165) is 17.9 Å². The molecule has 18 heavy (non-hydrogen) atoms. The highest BCUT2D eigenvalue weighted by Crippen LogP contribution is 2.37. The van der Waals surface area contributed by atoms with Gasteiger partial charge in [0, 0.05) is 6.04 Å². The SMILES string of the molecule is Cc1ccc(CC2CCC2CNC2CC2)cc1C. The highest BCUT2D eigenvalue weighted by atomic mass is 14.9. The average molecular weight is 243 g/mol. The molecule has 0 aromatic heterocycles. The Morgan fingerprint density at radius 1 is 1.00 bits per heavy atom.